The van der Waals surface area contributed by atoms with Crippen LogP contribution in [0.4, 0.5) is 8.78 Å². The van der Waals surface area contributed by atoms with E-state index in [0.29, 0.717) is 30.9 Å². The number of halogens is 2. The van der Waals surface area contributed by atoms with E-state index in [2.05, 4.69) is 0 Å². The summed E-state index contributed by atoms with van der Waals surface area (Å²) >= 11 is 1.36. The summed E-state index contributed by atoms with van der Waals surface area (Å²) in [6.07, 6.45) is 1.20. The third-order valence-electron chi connectivity index (χ3n) is 4.43. The molecule has 1 fully saturated rings. The molecule has 0 bridgehead atoms. The summed E-state index contributed by atoms with van der Waals surface area (Å²) in [6, 6.07) is 6.46. The molecule has 0 aliphatic carbocycles. The molecule has 0 saturated carbocycles. The van der Waals surface area contributed by atoms with Crippen molar-refractivity contribution >= 4 is 23.0 Å². The van der Waals surface area contributed by atoms with Gasteiger partial charge in [0.25, 0.3) is 5.91 Å². The molecule has 26 heavy (non-hydrogen) atoms. The van der Waals surface area contributed by atoms with Crippen LogP contribution in [0.1, 0.15) is 37.7 Å². The van der Waals surface area contributed by atoms with Crippen LogP contribution in [0.3, 0.4) is 0 Å². The van der Waals surface area contributed by atoms with Gasteiger partial charge >= 0.3 is 0 Å². The number of amides is 1. The molecule has 1 aliphatic heterocycles. The molecule has 2 heterocycles. The summed E-state index contributed by atoms with van der Waals surface area (Å²) in [5.41, 5.74) is -0.247. The average molecular weight is 379 g/mol. The predicted octanol–water partition coefficient (Wildman–Crippen LogP) is 3.91. The van der Waals surface area contributed by atoms with E-state index in [9.17, 15) is 18.4 Å². The number of likely N-dealkylation sites (tertiary alicyclic amines) is 1. The normalized spacial score (nSPS) is 17.3. The number of rotatable bonds is 5. The number of methoxy groups -OCH3 is 1. The minimum absolute atomic E-state index is 0.144. The van der Waals surface area contributed by atoms with Gasteiger partial charge in [-0.25, -0.2) is 8.78 Å². The summed E-state index contributed by atoms with van der Waals surface area (Å²) in [6.45, 7) is 1.20. The van der Waals surface area contributed by atoms with Crippen molar-refractivity contribution < 1.29 is 23.1 Å². The smallest absolute Gasteiger partial charge is 0.263 e. The highest BCUT2D eigenvalue weighted by atomic mass is 32.1. The Morgan fingerprint density at radius 1 is 1.27 bits per heavy atom. The van der Waals surface area contributed by atoms with Gasteiger partial charge in [0.15, 0.2) is 5.78 Å². The van der Waals surface area contributed by atoms with Crippen molar-refractivity contribution in [2.75, 3.05) is 20.2 Å². The predicted molar refractivity (Wildman–Crippen MR) is 94.3 cm³/mol. The number of carbonyl (C=O) groups is 2. The van der Waals surface area contributed by atoms with E-state index in [1.165, 1.54) is 11.3 Å². The molecule has 1 amide bonds. The van der Waals surface area contributed by atoms with Crippen molar-refractivity contribution in [3.63, 3.8) is 0 Å². The minimum Gasteiger partial charge on any atom is -0.379 e. The van der Waals surface area contributed by atoms with Crippen LogP contribution in [0.2, 0.25) is 0 Å². The van der Waals surface area contributed by atoms with Gasteiger partial charge in [-0.1, -0.05) is 0 Å². The van der Waals surface area contributed by atoms with Gasteiger partial charge in [-0.3, -0.25) is 9.59 Å². The first-order chi connectivity index (χ1) is 12.5. The SMILES string of the molecule is COCc1ccc(C(=O)N2CCC[C@@H](C(=O)c3cc(F)ccc3F)C2)s1. The van der Waals surface area contributed by atoms with Crippen molar-refractivity contribution in [3.05, 3.63) is 57.3 Å². The number of hydrogen-bond donors (Lipinski definition) is 0. The average Bonchev–Trinajstić information content (AvgIpc) is 3.11. The second-order valence-corrected chi connectivity index (χ2v) is 7.45. The Morgan fingerprint density at radius 2 is 2.08 bits per heavy atom. The lowest BCUT2D eigenvalue weighted by Crippen LogP contribution is -2.42. The van der Waals surface area contributed by atoms with Crippen molar-refractivity contribution in [1.29, 1.82) is 0 Å². The fourth-order valence-electron chi connectivity index (χ4n) is 3.15. The van der Waals surface area contributed by atoms with Crippen LogP contribution in [0.25, 0.3) is 0 Å². The first-order valence-electron chi connectivity index (χ1n) is 8.35. The molecule has 2 aromatic rings. The highest BCUT2D eigenvalue weighted by molar-refractivity contribution is 7.14. The first-order valence-corrected chi connectivity index (χ1v) is 9.17. The fraction of sp³-hybridized carbons (Fsp3) is 0.368. The molecule has 0 unspecified atom stereocenters. The van der Waals surface area contributed by atoms with Crippen LogP contribution in [0.5, 0.6) is 0 Å². The Kier molecular flexibility index (Phi) is 5.78. The number of ketones is 1. The molecule has 138 valence electrons. The van der Waals surface area contributed by atoms with Crippen molar-refractivity contribution in [2.45, 2.75) is 19.4 Å². The molecule has 1 atom stereocenters. The molecule has 3 rings (SSSR count). The molecule has 1 saturated heterocycles. The number of nitrogens with zero attached hydrogens (tertiary/aromatic N) is 1. The molecular weight excluding hydrogens is 360 g/mol. The summed E-state index contributed by atoms with van der Waals surface area (Å²) in [5.74, 6) is -2.51. The van der Waals surface area contributed by atoms with E-state index in [0.717, 1.165) is 23.1 Å². The molecule has 0 spiro atoms. The van der Waals surface area contributed by atoms with Gasteiger partial charge in [-0.2, -0.15) is 0 Å². The zero-order chi connectivity index (χ0) is 18.7. The third-order valence-corrected chi connectivity index (χ3v) is 5.48. The van der Waals surface area contributed by atoms with Crippen molar-refractivity contribution in [3.8, 4) is 0 Å². The molecule has 0 N–H and O–H groups in total. The van der Waals surface area contributed by atoms with Crippen LogP contribution in [0.15, 0.2) is 30.3 Å². The van der Waals surface area contributed by atoms with Gasteiger partial charge in [-0.15, -0.1) is 11.3 Å². The van der Waals surface area contributed by atoms with Crippen LogP contribution in [-0.4, -0.2) is 36.8 Å². The van der Waals surface area contributed by atoms with Crippen LogP contribution in [-0.2, 0) is 11.3 Å². The van der Waals surface area contributed by atoms with E-state index in [4.69, 9.17) is 4.74 Å². The molecule has 1 aromatic heterocycles. The lowest BCUT2D eigenvalue weighted by atomic mass is 9.89. The first kappa shape index (κ1) is 18.7. The van der Waals surface area contributed by atoms with Crippen LogP contribution < -0.4 is 0 Å². The maximum Gasteiger partial charge on any atom is 0.263 e. The van der Waals surface area contributed by atoms with E-state index in [1.807, 2.05) is 6.07 Å². The van der Waals surface area contributed by atoms with Gasteiger partial charge in [0.05, 0.1) is 17.0 Å². The maximum absolute atomic E-state index is 13.9. The van der Waals surface area contributed by atoms with Crippen LogP contribution in [0, 0.1) is 17.6 Å². The van der Waals surface area contributed by atoms with E-state index < -0.39 is 23.3 Å². The van der Waals surface area contributed by atoms with Crippen molar-refractivity contribution in [1.82, 2.24) is 4.90 Å². The largest absolute Gasteiger partial charge is 0.379 e. The minimum atomic E-state index is -0.734. The Labute approximate surface area is 154 Å². The molecule has 1 aromatic carbocycles. The number of ether oxygens (including phenoxy) is 1. The maximum atomic E-state index is 13.9. The number of thiophene rings is 1. The van der Waals surface area contributed by atoms with Gasteiger partial charge in [0.2, 0.25) is 0 Å². The van der Waals surface area contributed by atoms with E-state index in [-0.39, 0.29) is 18.0 Å². The highest BCUT2D eigenvalue weighted by Crippen LogP contribution is 2.26. The lowest BCUT2D eigenvalue weighted by Gasteiger charge is -2.31. The molecule has 4 nitrogen and oxygen atoms in total. The Balaban J connectivity index is 1.73. The Morgan fingerprint density at radius 3 is 2.85 bits per heavy atom. The quantitative estimate of drug-likeness (QED) is 0.740. The van der Waals surface area contributed by atoms with Gasteiger partial charge in [0, 0.05) is 31.0 Å². The Hall–Kier alpha value is -2.12. The number of carbonyl (C=O) groups excluding carboxylic acids is 2. The second-order valence-electron chi connectivity index (χ2n) is 6.28. The van der Waals surface area contributed by atoms with Gasteiger partial charge in [-0.05, 0) is 43.2 Å². The number of benzene rings is 1. The van der Waals surface area contributed by atoms with Gasteiger partial charge < -0.3 is 9.64 Å². The van der Waals surface area contributed by atoms with E-state index in [1.54, 1.807) is 18.1 Å². The molecule has 7 heteroatoms. The topological polar surface area (TPSA) is 46.6 Å². The highest BCUT2D eigenvalue weighted by Gasteiger charge is 2.31. The monoisotopic (exact) mass is 379 g/mol. The number of hydrogen-bond acceptors (Lipinski definition) is 4. The zero-order valence-corrected chi connectivity index (χ0v) is 15.2. The summed E-state index contributed by atoms with van der Waals surface area (Å²) < 4.78 is 32.3. The summed E-state index contributed by atoms with van der Waals surface area (Å²) in [5, 5.41) is 0. The zero-order valence-electron chi connectivity index (χ0n) is 14.3. The molecule has 0 radical (unpaired) electrons. The number of piperidine rings is 1. The second kappa shape index (κ2) is 8.05. The van der Waals surface area contributed by atoms with E-state index >= 15 is 0 Å². The summed E-state index contributed by atoms with van der Waals surface area (Å²) in [7, 11) is 1.59. The molecule has 1 aliphatic rings. The van der Waals surface area contributed by atoms with Crippen LogP contribution >= 0.6 is 11.3 Å². The standard InChI is InChI=1S/C19H19F2NO3S/c1-25-11-14-5-7-17(26-14)19(24)22-8-2-3-12(10-22)18(23)15-9-13(20)4-6-16(15)21/h4-7,9,12H,2-3,8,10-11H2,1H3/t12-/m1/s1. The fourth-order valence-corrected chi connectivity index (χ4v) is 4.10. The van der Waals surface area contributed by atoms with Gasteiger partial charge in [0.1, 0.15) is 11.6 Å². The summed E-state index contributed by atoms with van der Waals surface area (Å²) in [4.78, 5) is 28.4. The lowest BCUT2D eigenvalue weighted by molar-refractivity contribution is 0.0639. The molecular formula is C19H19F2NO3S. The third kappa shape index (κ3) is 3.99. The van der Waals surface area contributed by atoms with Crippen molar-refractivity contribution in [2.24, 2.45) is 5.92 Å². The number of Topliss-reactive ketones (excluding diaryl/α,β-unsaturated/α-hetero) is 1. The Bertz CT molecular complexity index is 821.